The highest BCUT2D eigenvalue weighted by Gasteiger charge is 2.52. The molecule has 0 spiro atoms. The summed E-state index contributed by atoms with van der Waals surface area (Å²) in [5.41, 5.74) is 1.22. The molecule has 0 saturated carbocycles. The Morgan fingerprint density at radius 3 is 2.04 bits per heavy atom. The van der Waals surface area contributed by atoms with Gasteiger partial charge in [-0.25, -0.2) is 9.78 Å². The topological polar surface area (TPSA) is 193 Å². The predicted molar refractivity (Wildman–Crippen MR) is 157 cm³/mol. The molecule has 0 radical (unpaired) electrons. The Morgan fingerprint density at radius 1 is 0.848 bits per heavy atom. The molecule has 3 heterocycles. The molecule has 0 unspecified atom stereocenters. The van der Waals surface area contributed by atoms with E-state index >= 15 is 0 Å². The van der Waals surface area contributed by atoms with Crippen molar-refractivity contribution in [3.63, 3.8) is 0 Å². The Kier molecular flexibility index (Phi) is 11.1. The fourth-order valence-electron chi connectivity index (χ4n) is 4.80. The van der Waals surface area contributed by atoms with Crippen molar-refractivity contribution in [2.75, 3.05) is 19.8 Å². The molecule has 5 atom stereocenters. The maximum Gasteiger partial charge on any atom is 0.375 e. The number of carbonyl (C=O) groups is 5. The number of hydrogen-bond donors (Lipinski definition) is 0. The highest BCUT2D eigenvalue weighted by atomic mass is 32.1. The molecule has 16 heteroatoms. The quantitative estimate of drug-likeness (QED) is 0.215. The third kappa shape index (κ3) is 8.06. The molecule has 1 saturated heterocycles. The van der Waals surface area contributed by atoms with Gasteiger partial charge in [0.15, 0.2) is 18.3 Å². The van der Waals surface area contributed by atoms with E-state index < -0.39 is 72.4 Å². The van der Waals surface area contributed by atoms with Crippen LogP contribution in [0.2, 0.25) is 0 Å². The summed E-state index contributed by atoms with van der Waals surface area (Å²) in [4.78, 5) is 78.1. The number of fused-ring (bicyclic) bond motifs is 1. The number of esters is 5. The maximum absolute atomic E-state index is 13.5. The second-order valence-corrected chi connectivity index (χ2v) is 10.7. The standard InChI is InChI=1S/C30H31NO14S/c1-6-38-30(37)28-24(20-12-46-13-31-20)25(36)19-8-7-18(9-21(19)45-28)40-11-23-27(42-16(4)34)29(43-17(5)35)26(41-15(3)33)22(44-23)10-39-14(2)32/h7-9,12-13,22-23,26-27,29H,6,10-11H2,1-5H3/t22-,23+,26+,27-,29+/m1/s1. The summed E-state index contributed by atoms with van der Waals surface area (Å²) in [5, 5.41) is 1.74. The Morgan fingerprint density at radius 2 is 1.48 bits per heavy atom. The van der Waals surface area contributed by atoms with E-state index in [2.05, 4.69) is 4.98 Å². The molecule has 0 N–H and O–H groups in total. The van der Waals surface area contributed by atoms with Crippen LogP contribution in [0.25, 0.3) is 22.2 Å². The van der Waals surface area contributed by atoms with Crippen molar-refractivity contribution < 1.29 is 61.5 Å². The van der Waals surface area contributed by atoms with Crippen LogP contribution in [0.4, 0.5) is 0 Å². The van der Waals surface area contributed by atoms with E-state index in [1.54, 1.807) is 12.3 Å². The molecule has 0 bridgehead atoms. The zero-order chi connectivity index (χ0) is 33.5. The molecule has 15 nitrogen and oxygen atoms in total. The maximum atomic E-state index is 13.5. The zero-order valence-electron chi connectivity index (χ0n) is 25.5. The van der Waals surface area contributed by atoms with Gasteiger partial charge in [-0.3, -0.25) is 24.0 Å². The van der Waals surface area contributed by atoms with Gasteiger partial charge < -0.3 is 37.6 Å². The van der Waals surface area contributed by atoms with Gasteiger partial charge in [-0.1, -0.05) is 0 Å². The van der Waals surface area contributed by atoms with Crippen LogP contribution in [0.5, 0.6) is 5.75 Å². The van der Waals surface area contributed by atoms with Crippen molar-refractivity contribution in [1.29, 1.82) is 0 Å². The Hall–Kier alpha value is -4.83. The van der Waals surface area contributed by atoms with Gasteiger partial charge >= 0.3 is 29.8 Å². The largest absolute Gasteiger partial charge is 0.491 e. The van der Waals surface area contributed by atoms with E-state index in [1.165, 1.54) is 42.0 Å². The lowest BCUT2D eigenvalue weighted by molar-refractivity contribution is -0.255. The highest BCUT2D eigenvalue weighted by molar-refractivity contribution is 7.07. The lowest BCUT2D eigenvalue weighted by atomic mass is 9.94. The summed E-state index contributed by atoms with van der Waals surface area (Å²) in [6, 6.07) is 4.28. The Bertz CT molecular complexity index is 1670. The second-order valence-electron chi connectivity index (χ2n) is 9.94. The zero-order valence-corrected chi connectivity index (χ0v) is 26.3. The summed E-state index contributed by atoms with van der Waals surface area (Å²) < 4.78 is 44.3. The van der Waals surface area contributed by atoms with E-state index in [4.69, 9.17) is 37.6 Å². The first-order valence-electron chi connectivity index (χ1n) is 14.0. The average molecular weight is 662 g/mol. The second kappa shape index (κ2) is 15.0. The molecule has 0 aliphatic carbocycles. The van der Waals surface area contributed by atoms with Gasteiger partial charge in [-0.05, 0) is 19.1 Å². The number of benzene rings is 1. The summed E-state index contributed by atoms with van der Waals surface area (Å²) in [6.45, 7) is 5.45. The number of aromatic nitrogens is 1. The van der Waals surface area contributed by atoms with Crippen LogP contribution in [-0.2, 0) is 47.6 Å². The van der Waals surface area contributed by atoms with Gasteiger partial charge in [0.1, 0.15) is 36.8 Å². The molecule has 1 fully saturated rings. The van der Waals surface area contributed by atoms with Crippen LogP contribution in [0.1, 0.15) is 45.2 Å². The molecule has 1 aliphatic heterocycles. The van der Waals surface area contributed by atoms with Crippen molar-refractivity contribution in [3.8, 4) is 17.0 Å². The molecule has 4 rings (SSSR count). The molecule has 3 aromatic rings. The number of hydrogen-bond acceptors (Lipinski definition) is 16. The van der Waals surface area contributed by atoms with Crippen molar-refractivity contribution in [2.45, 2.75) is 65.1 Å². The number of nitrogens with zero attached hydrogens (tertiary/aromatic N) is 1. The number of rotatable bonds is 11. The summed E-state index contributed by atoms with van der Waals surface area (Å²) in [5.74, 6) is -3.97. The van der Waals surface area contributed by atoms with Crippen LogP contribution >= 0.6 is 11.3 Å². The SMILES string of the molecule is CCOC(=O)c1oc2cc(OC[C@@H]3O[C@H](COC(C)=O)[C@H](OC(C)=O)[C@H](OC(C)=O)[C@@H]3OC(C)=O)ccc2c(=O)c1-c1cscn1. The van der Waals surface area contributed by atoms with Crippen LogP contribution in [0.15, 0.2) is 38.3 Å². The third-order valence-electron chi connectivity index (χ3n) is 6.51. The van der Waals surface area contributed by atoms with Gasteiger partial charge in [0.25, 0.3) is 0 Å². The van der Waals surface area contributed by atoms with Gasteiger partial charge in [0.05, 0.1) is 28.8 Å². The van der Waals surface area contributed by atoms with Crippen LogP contribution in [-0.4, -0.2) is 85.2 Å². The molecule has 1 aromatic carbocycles. The summed E-state index contributed by atoms with van der Waals surface area (Å²) in [7, 11) is 0. The van der Waals surface area contributed by atoms with E-state index in [-0.39, 0.29) is 47.0 Å². The highest BCUT2D eigenvalue weighted by Crippen LogP contribution is 2.31. The monoisotopic (exact) mass is 661 g/mol. The van der Waals surface area contributed by atoms with Crippen LogP contribution < -0.4 is 10.2 Å². The predicted octanol–water partition coefficient (Wildman–Crippen LogP) is 2.60. The van der Waals surface area contributed by atoms with Crippen molar-refractivity contribution in [2.24, 2.45) is 0 Å². The summed E-state index contributed by atoms with van der Waals surface area (Å²) in [6.07, 6.45) is -6.30. The number of thiazole rings is 1. The Labute approximate surface area is 265 Å². The lowest BCUT2D eigenvalue weighted by Crippen LogP contribution is -2.63. The minimum atomic E-state index is -1.36. The van der Waals surface area contributed by atoms with E-state index in [0.29, 0.717) is 0 Å². The molecular weight excluding hydrogens is 630 g/mol. The van der Waals surface area contributed by atoms with Crippen molar-refractivity contribution in [1.82, 2.24) is 4.98 Å². The van der Waals surface area contributed by atoms with Gasteiger partial charge in [-0.2, -0.15) is 0 Å². The van der Waals surface area contributed by atoms with Crippen LogP contribution in [0.3, 0.4) is 0 Å². The molecule has 0 amide bonds. The fraction of sp³-hybridized carbons (Fsp3) is 0.433. The van der Waals surface area contributed by atoms with E-state index in [9.17, 15) is 28.8 Å². The lowest BCUT2D eigenvalue weighted by Gasteiger charge is -2.44. The molecule has 246 valence electrons. The first kappa shape index (κ1) is 34.1. The molecule has 1 aliphatic rings. The van der Waals surface area contributed by atoms with E-state index in [0.717, 1.165) is 20.8 Å². The molecular formula is C30H31NO14S. The molecule has 2 aromatic heterocycles. The summed E-state index contributed by atoms with van der Waals surface area (Å²) >= 11 is 1.24. The minimum absolute atomic E-state index is 0.00563. The number of ether oxygens (including phenoxy) is 7. The van der Waals surface area contributed by atoms with Gasteiger partial charge in [0, 0.05) is 39.1 Å². The van der Waals surface area contributed by atoms with Gasteiger partial charge in [-0.15, -0.1) is 11.3 Å². The third-order valence-corrected chi connectivity index (χ3v) is 7.10. The number of carbonyl (C=O) groups excluding carboxylic acids is 5. The van der Waals surface area contributed by atoms with Crippen LogP contribution in [0, 0.1) is 0 Å². The molecule has 46 heavy (non-hydrogen) atoms. The Balaban J connectivity index is 1.69. The normalized spacial score (nSPS) is 20.8. The first-order chi connectivity index (χ1) is 21.9. The van der Waals surface area contributed by atoms with Crippen molar-refractivity contribution >= 4 is 52.2 Å². The van der Waals surface area contributed by atoms with Crippen molar-refractivity contribution in [3.05, 3.63) is 45.1 Å². The minimum Gasteiger partial charge on any atom is -0.491 e. The first-order valence-corrected chi connectivity index (χ1v) is 14.9. The fourth-order valence-corrected chi connectivity index (χ4v) is 5.35. The average Bonchev–Trinajstić information content (AvgIpc) is 3.51. The smallest absolute Gasteiger partial charge is 0.375 e. The van der Waals surface area contributed by atoms with E-state index in [1.807, 2.05) is 0 Å². The van der Waals surface area contributed by atoms with Gasteiger partial charge in [0.2, 0.25) is 11.2 Å².